The molecule has 2 aliphatic rings. The predicted octanol–water partition coefficient (Wildman–Crippen LogP) is 4.74. The first kappa shape index (κ1) is 19.8. The van der Waals surface area contributed by atoms with Crippen molar-refractivity contribution in [3.05, 3.63) is 60.4 Å². The van der Waals surface area contributed by atoms with Gasteiger partial charge in [0, 0.05) is 17.7 Å². The Hall–Kier alpha value is -2.46. The van der Waals surface area contributed by atoms with Crippen LogP contribution in [0, 0.1) is 23.7 Å². The molecule has 152 valence electrons. The summed E-state index contributed by atoms with van der Waals surface area (Å²) in [5, 5.41) is 11.1. The zero-order valence-corrected chi connectivity index (χ0v) is 17.3. The molecule has 1 aliphatic carbocycles. The lowest BCUT2D eigenvalue weighted by atomic mass is 9.59. The molecule has 6 atom stereocenters. The molecule has 29 heavy (non-hydrogen) atoms. The molecular weight excluding hydrogens is 362 g/mol. The Morgan fingerprint density at radius 3 is 2.59 bits per heavy atom. The number of benzene rings is 1. The van der Waals surface area contributed by atoms with Crippen LogP contribution in [0.3, 0.4) is 0 Å². The number of fused-ring (bicyclic) bond motifs is 1. The predicted molar refractivity (Wildman–Crippen MR) is 114 cm³/mol. The molecule has 4 rings (SSSR count). The molecule has 4 heteroatoms. The highest BCUT2D eigenvalue weighted by Crippen LogP contribution is 2.52. The van der Waals surface area contributed by atoms with Gasteiger partial charge in [-0.05, 0) is 48.8 Å². The minimum Gasteiger partial charge on any atom is -0.460 e. The number of aliphatic hydroxyl groups is 1. The van der Waals surface area contributed by atoms with Crippen molar-refractivity contribution in [3.63, 3.8) is 0 Å². The van der Waals surface area contributed by atoms with Gasteiger partial charge in [0.1, 0.15) is 6.10 Å². The van der Waals surface area contributed by atoms with E-state index in [1.807, 2.05) is 43.5 Å². The van der Waals surface area contributed by atoms with Gasteiger partial charge in [0.15, 0.2) is 5.60 Å². The van der Waals surface area contributed by atoms with Crippen LogP contribution in [0.1, 0.15) is 39.3 Å². The van der Waals surface area contributed by atoms with Crippen LogP contribution in [0.5, 0.6) is 0 Å². The van der Waals surface area contributed by atoms with Gasteiger partial charge < -0.3 is 9.84 Å². The van der Waals surface area contributed by atoms with E-state index in [2.05, 4.69) is 43.1 Å². The fourth-order valence-electron chi connectivity index (χ4n) is 5.46. The molecule has 2 aromatic rings. The summed E-state index contributed by atoms with van der Waals surface area (Å²) in [6.07, 6.45) is 7.25. The fraction of sp³-hybridized carbons (Fsp3) is 0.440. The number of hydrogen-bond donors (Lipinski definition) is 1. The first-order valence-electron chi connectivity index (χ1n) is 10.6. The minimum atomic E-state index is -1.37. The average molecular weight is 392 g/mol. The Labute approximate surface area is 172 Å². The number of allylic oxidation sites excluding steroid dienone is 1. The van der Waals surface area contributed by atoms with Gasteiger partial charge in [-0.3, -0.25) is 4.98 Å². The van der Waals surface area contributed by atoms with E-state index in [0.717, 1.165) is 23.2 Å². The number of cyclic esters (lactones) is 1. The van der Waals surface area contributed by atoms with Crippen molar-refractivity contribution in [2.45, 2.75) is 45.3 Å². The van der Waals surface area contributed by atoms with Gasteiger partial charge in [-0.15, -0.1) is 0 Å². The molecule has 0 unspecified atom stereocenters. The van der Waals surface area contributed by atoms with E-state index in [4.69, 9.17) is 4.74 Å². The first-order chi connectivity index (χ1) is 13.9. The number of esters is 1. The molecule has 2 heterocycles. The monoisotopic (exact) mass is 391 g/mol. The maximum atomic E-state index is 12.4. The van der Waals surface area contributed by atoms with Gasteiger partial charge in [-0.1, -0.05) is 62.7 Å². The Morgan fingerprint density at radius 2 is 1.93 bits per heavy atom. The number of pyridine rings is 1. The largest absolute Gasteiger partial charge is 0.460 e. The lowest BCUT2D eigenvalue weighted by Crippen LogP contribution is -2.53. The molecular formula is C25H29NO3. The highest BCUT2D eigenvalue weighted by atomic mass is 16.6. The maximum Gasteiger partial charge on any atom is 0.338 e. The second-order valence-corrected chi connectivity index (χ2v) is 8.59. The third-order valence-electron chi connectivity index (χ3n) is 6.83. The van der Waals surface area contributed by atoms with E-state index in [0.29, 0.717) is 12.3 Å². The van der Waals surface area contributed by atoms with Crippen LogP contribution in [-0.2, 0) is 9.53 Å². The van der Waals surface area contributed by atoms with Gasteiger partial charge in [0.05, 0.1) is 5.69 Å². The highest BCUT2D eigenvalue weighted by Gasteiger charge is 2.62. The van der Waals surface area contributed by atoms with Crippen LogP contribution in [0.2, 0.25) is 0 Å². The normalized spacial score (nSPS) is 34.2. The summed E-state index contributed by atoms with van der Waals surface area (Å²) in [4.78, 5) is 17.0. The summed E-state index contributed by atoms with van der Waals surface area (Å²) in [6.45, 7) is 6.21. The second-order valence-electron chi connectivity index (χ2n) is 8.59. The summed E-state index contributed by atoms with van der Waals surface area (Å²) >= 11 is 0. The lowest BCUT2D eigenvalue weighted by Gasteiger charge is -2.45. The second kappa shape index (κ2) is 7.75. The van der Waals surface area contributed by atoms with Crippen LogP contribution in [0.4, 0.5) is 0 Å². The Morgan fingerprint density at radius 1 is 1.17 bits per heavy atom. The van der Waals surface area contributed by atoms with Gasteiger partial charge in [0.25, 0.3) is 0 Å². The minimum absolute atomic E-state index is 0.0748. The number of hydrogen-bond acceptors (Lipinski definition) is 4. The average Bonchev–Trinajstić information content (AvgIpc) is 2.95. The van der Waals surface area contributed by atoms with Crippen LogP contribution in [0.25, 0.3) is 17.2 Å². The molecule has 0 amide bonds. The van der Waals surface area contributed by atoms with Crippen molar-refractivity contribution < 1.29 is 14.6 Å². The van der Waals surface area contributed by atoms with E-state index in [9.17, 15) is 9.90 Å². The zero-order valence-electron chi connectivity index (χ0n) is 17.3. The summed E-state index contributed by atoms with van der Waals surface area (Å²) in [6, 6.07) is 14.3. The van der Waals surface area contributed by atoms with E-state index in [-0.39, 0.29) is 23.9 Å². The Kier molecular flexibility index (Phi) is 5.30. The fourth-order valence-corrected chi connectivity index (χ4v) is 5.46. The van der Waals surface area contributed by atoms with Crippen LogP contribution >= 0.6 is 0 Å². The van der Waals surface area contributed by atoms with Crippen molar-refractivity contribution >= 4 is 12.0 Å². The van der Waals surface area contributed by atoms with Crippen molar-refractivity contribution in [3.8, 4) is 11.1 Å². The smallest absolute Gasteiger partial charge is 0.338 e. The molecule has 2 fully saturated rings. The number of rotatable bonds is 4. The van der Waals surface area contributed by atoms with Crippen molar-refractivity contribution in [1.29, 1.82) is 0 Å². The molecule has 0 bridgehead atoms. The van der Waals surface area contributed by atoms with Crippen LogP contribution in [0.15, 0.2) is 54.7 Å². The third kappa shape index (κ3) is 3.51. The van der Waals surface area contributed by atoms with Gasteiger partial charge in [-0.25, -0.2) is 4.79 Å². The maximum absolute atomic E-state index is 12.4. The summed E-state index contributed by atoms with van der Waals surface area (Å²) in [5.41, 5.74) is 1.73. The van der Waals surface area contributed by atoms with Crippen LogP contribution in [-0.4, -0.2) is 27.8 Å². The van der Waals surface area contributed by atoms with E-state index in [1.165, 1.54) is 0 Å². The number of carbonyl (C=O) groups is 1. The molecule has 1 aromatic heterocycles. The van der Waals surface area contributed by atoms with Crippen LogP contribution < -0.4 is 0 Å². The molecule has 1 aromatic carbocycles. The third-order valence-corrected chi connectivity index (χ3v) is 6.83. The molecule has 1 saturated heterocycles. The molecule has 1 N–H and O–H groups in total. The topological polar surface area (TPSA) is 59.4 Å². The van der Waals surface area contributed by atoms with E-state index >= 15 is 0 Å². The molecule has 1 aliphatic heterocycles. The summed E-state index contributed by atoms with van der Waals surface area (Å²) in [5.74, 6) is 0.0566. The first-order valence-corrected chi connectivity index (χ1v) is 10.6. The molecule has 0 spiro atoms. The standard InChI is InChI=1S/C25H29NO3/c1-4-21-16(2)14-25(28)23(17(3)29-24(25)27)22(21)13-12-20-11-10-19(15-26-20)18-8-6-5-7-9-18/h5-13,15-17,21-23,28H,4,14H2,1-3H3/t16-,17+,21+,22-,23-,25-/m0/s1. The van der Waals surface area contributed by atoms with E-state index in [1.54, 1.807) is 0 Å². The van der Waals surface area contributed by atoms with Gasteiger partial charge in [-0.2, -0.15) is 0 Å². The summed E-state index contributed by atoms with van der Waals surface area (Å²) in [7, 11) is 0. The Balaban J connectivity index is 1.60. The van der Waals surface area contributed by atoms with Crippen molar-refractivity contribution in [2.24, 2.45) is 23.7 Å². The highest BCUT2D eigenvalue weighted by molar-refractivity contribution is 5.82. The van der Waals surface area contributed by atoms with Crippen molar-refractivity contribution in [1.82, 2.24) is 4.98 Å². The van der Waals surface area contributed by atoms with Crippen molar-refractivity contribution in [2.75, 3.05) is 0 Å². The quantitative estimate of drug-likeness (QED) is 0.765. The summed E-state index contributed by atoms with van der Waals surface area (Å²) < 4.78 is 5.46. The number of aromatic nitrogens is 1. The molecule has 4 nitrogen and oxygen atoms in total. The van der Waals surface area contributed by atoms with Gasteiger partial charge in [0.2, 0.25) is 0 Å². The van der Waals surface area contributed by atoms with E-state index < -0.39 is 11.6 Å². The molecule has 0 radical (unpaired) electrons. The Bertz CT molecular complexity index is 892. The number of nitrogens with zero attached hydrogens (tertiary/aromatic N) is 1. The number of ether oxygens (including phenoxy) is 1. The SMILES string of the molecule is CC[C@H]1[C@H](C=Cc2ccc(-c3ccccc3)cn2)[C@@H]2[C@@H](C)OC(=O)[C@]2(O)C[C@@H]1C. The van der Waals surface area contributed by atoms with Gasteiger partial charge >= 0.3 is 5.97 Å². The lowest BCUT2D eigenvalue weighted by molar-refractivity contribution is -0.160. The zero-order chi connectivity index (χ0) is 20.6. The number of carbonyl (C=O) groups excluding carboxylic acids is 1. The molecule has 1 saturated carbocycles.